The molecule has 2 aromatic heterocycles. The molecule has 0 unspecified atom stereocenters. The van der Waals surface area contributed by atoms with Gasteiger partial charge in [0.1, 0.15) is 0 Å². The Hall–Kier alpha value is -3.94. The lowest BCUT2D eigenvalue weighted by atomic mass is 9.87. The smallest absolute Gasteiger partial charge is 0.279 e. The molecule has 0 aliphatic carbocycles. The van der Waals surface area contributed by atoms with E-state index >= 15 is 0 Å². The lowest BCUT2D eigenvalue weighted by Crippen LogP contribution is -2.23. The lowest BCUT2D eigenvalue weighted by Gasteiger charge is -2.19. The summed E-state index contributed by atoms with van der Waals surface area (Å²) < 4.78 is 1.36. The minimum absolute atomic E-state index is 0.000232. The first kappa shape index (κ1) is 20.3. The van der Waals surface area contributed by atoms with Gasteiger partial charge in [-0.25, -0.2) is 0 Å². The van der Waals surface area contributed by atoms with Crippen LogP contribution in [0.25, 0.3) is 16.5 Å². The van der Waals surface area contributed by atoms with Crippen molar-refractivity contribution in [3.05, 3.63) is 70.1 Å². The number of carbonyl (C=O) groups is 1. The maximum absolute atomic E-state index is 13.3. The Balaban J connectivity index is 1.90. The summed E-state index contributed by atoms with van der Waals surface area (Å²) in [5, 5.41) is 18.5. The van der Waals surface area contributed by atoms with Gasteiger partial charge in [-0.2, -0.15) is 9.78 Å². The Morgan fingerprint density at radius 2 is 1.77 bits per heavy atom. The predicted octanol–water partition coefficient (Wildman–Crippen LogP) is 4.03. The molecule has 0 bridgehead atoms. The number of benzene rings is 2. The van der Waals surface area contributed by atoms with Crippen molar-refractivity contribution in [2.75, 3.05) is 10.6 Å². The summed E-state index contributed by atoms with van der Waals surface area (Å²) in [6.45, 7) is 8.31. The fourth-order valence-electron chi connectivity index (χ4n) is 3.37. The molecule has 8 heteroatoms. The summed E-state index contributed by atoms with van der Waals surface area (Å²) in [6, 6.07) is 14.8. The third-order valence-electron chi connectivity index (χ3n) is 5.05. The number of amides is 1. The van der Waals surface area contributed by atoms with E-state index in [9.17, 15) is 9.59 Å². The standard InChI is InChI=1S/C23H24N6O2/c1-14-11-20(27-26-14)25-21-18-10-7-16(24-13-30)12-19(18)22(31)29(28-21)17-8-5-15(6-9-17)23(2,3)4/h5-13H,1-4H3,(H,24,30)(H2,25,26,27,28). The molecule has 0 fully saturated rings. The summed E-state index contributed by atoms with van der Waals surface area (Å²) in [7, 11) is 0. The van der Waals surface area contributed by atoms with Crippen molar-refractivity contribution >= 4 is 34.5 Å². The molecule has 1 amide bonds. The number of anilines is 3. The highest BCUT2D eigenvalue weighted by Gasteiger charge is 2.16. The fraction of sp³-hybridized carbons (Fsp3) is 0.217. The van der Waals surface area contributed by atoms with Gasteiger partial charge in [-0.1, -0.05) is 32.9 Å². The number of fused-ring (bicyclic) bond motifs is 1. The van der Waals surface area contributed by atoms with E-state index < -0.39 is 0 Å². The fourth-order valence-corrected chi connectivity index (χ4v) is 3.37. The molecule has 4 aromatic rings. The molecular weight excluding hydrogens is 392 g/mol. The number of nitrogens with zero attached hydrogens (tertiary/aromatic N) is 3. The highest BCUT2D eigenvalue weighted by molar-refractivity contribution is 5.95. The number of aromatic amines is 1. The molecule has 0 saturated carbocycles. The van der Waals surface area contributed by atoms with Crippen LogP contribution in [0.5, 0.6) is 0 Å². The van der Waals surface area contributed by atoms with E-state index in [0.29, 0.717) is 40.2 Å². The first-order valence-corrected chi connectivity index (χ1v) is 9.93. The molecule has 0 saturated heterocycles. The molecule has 0 aliphatic rings. The van der Waals surface area contributed by atoms with Crippen molar-refractivity contribution in [1.82, 2.24) is 20.0 Å². The molecule has 0 radical (unpaired) electrons. The molecular formula is C23H24N6O2. The van der Waals surface area contributed by atoms with Crippen LogP contribution < -0.4 is 16.2 Å². The molecule has 158 valence electrons. The average Bonchev–Trinajstić information content (AvgIpc) is 3.14. The number of H-pyrrole nitrogens is 1. The summed E-state index contributed by atoms with van der Waals surface area (Å²) in [6.07, 6.45) is 0.581. The third kappa shape index (κ3) is 4.05. The maximum atomic E-state index is 13.3. The van der Waals surface area contributed by atoms with E-state index in [0.717, 1.165) is 11.3 Å². The Morgan fingerprint density at radius 3 is 2.39 bits per heavy atom. The van der Waals surface area contributed by atoms with Gasteiger partial charge >= 0.3 is 0 Å². The van der Waals surface area contributed by atoms with Crippen LogP contribution in [-0.4, -0.2) is 26.4 Å². The Bertz CT molecular complexity index is 1310. The molecule has 4 rings (SSSR count). The topological polar surface area (TPSA) is 105 Å². The first-order valence-electron chi connectivity index (χ1n) is 9.93. The zero-order chi connectivity index (χ0) is 22.2. The number of rotatable bonds is 5. The summed E-state index contributed by atoms with van der Waals surface area (Å²) >= 11 is 0. The van der Waals surface area contributed by atoms with Crippen LogP contribution in [0, 0.1) is 6.92 Å². The zero-order valence-corrected chi connectivity index (χ0v) is 17.9. The van der Waals surface area contributed by atoms with E-state index in [4.69, 9.17) is 0 Å². The van der Waals surface area contributed by atoms with E-state index in [-0.39, 0.29) is 11.0 Å². The second-order valence-corrected chi connectivity index (χ2v) is 8.45. The van der Waals surface area contributed by atoms with Crippen LogP contribution >= 0.6 is 0 Å². The molecule has 0 atom stereocenters. The number of aromatic nitrogens is 4. The van der Waals surface area contributed by atoms with Gasteiger partial charge in [-0.05, 0) is 48.2 Å². The second-order valence-electron chi connectivity index (χ2n) is 8.45. The predicted molar refractivity (Wildman–Crippen MR) is 122 cm³/mol. The van der Waals surface area contributed by atoms with Crippen LogP contribution in [0.2, 0.25) is 0 Å². The summed E-state index contributed by atoms with van der Waals surface area (Å²) in [4.78, 5) is 24.2. The van der Waals surface area contributed by atoms with Crippen LogP contribution in [0.4, 0.5) is 17.3 Å². The highest BCUT2D eigenvalue weighted by Crippen LogP contribution is 2.26. The van der Waals surface area contributed by atoms with Crippen molar-refractivity contribution < 1.29 is 4.79 Å². The van der Waals surface area contributed by atoms with Crippen LogP contribution in [0.3, 0.4) is 0 Å². The van der Waals surface area contributed by atoms with Gasteiger partial charge in [0.15, 0.2) is 11.6 Å². The van der Waals surface area contributed by atoms with E-state index in [2.05, 4.69) is 46.7 Å². The van der Waals surface area contributed by atoms with Crippen molar-refractivity contribution in [3.8, 4) is 5.69 Å². The average molecular weight is 416 g/mol. The second kappa shape index (κ2) is 7.71. The van der Waals surface area contributed by atoms with Crippen LogP contribution in [0.1, 0.15) is 32.0 Å². The van der Waals surface area contributed by atoms with Crippen molar-refractivity contribution in [3.63, 3.8) is 0 Å². The molecule has 0 spiro atoms. The third-order valence-corrected chi connectivity index (χ3v) is 5.05. The van der Waals surface area contributed by atoms with Crippen molar-refractivity contribution in [1.29, 1.82) is 0 Å². The molecule has 31 heavy (non-hydrogen) atoms. The van der Waals surface area contributed by atoms with E-state index in [1.807, 2.05) is 37.3 Å². The number of nitrogens with one attached hydrogen (secondary N) is 3. The number of aryl methyl sites for hydroxylation is 1. The van der Waals surface area contributed by atoms with Crippen LogP contribution in [0.15, 0.2) is 53.3 Å². The van der Waals surface area contributed by atoms with Gasteiger partial charge < -0.3 is 10.6 Å². The SMILES string of the molecule is Cc1cc(Nc2nn(-c3ccc(C(C)(C)C)cc3)c(=O)c3cc(NC=O)ccc23)n[nH]1. The summed E-state index contributed by atoms with van der Waals surface area (Å²) in [5.74, 6) is 1.08. The van der Waals surface area contributed by atoms with Gasteiger partial charge in [-0.3, -0.25) is 14.7 Å². The van der Waals surface area contributed by atoms with E-state index in [1.165, 1.54) is 4.68 Å². The molecule has 0 aliphatic heterocycles. The van der Waals surface area contributed by atoms with Crippen molar-refractivity contribution in [2.45, 2.75) is 33.1 Å². The van der Waals surface area contributed by atoms with Crippen molar-refractivity contribution in [2.24, 2.45) is 0 Å². The number of hydrogen-bond donors (Lipinski definition) is 3. The Kier molecular flexibility index (Phi) is 5.06. The van der Waals surface area contributed by atoms with Gasteiger partial charge in [0.25, 0.3) is 5.56 Å². The van der Waals surface area contributed by atoms with Gasteiger partial charge in [0.05, 0.1) is 11.1 Å². The van der Waals surface area contributed by atoms with E-state index in [1.54, 1.807) is 18.2 Å². The van der Waals surface area contributed by atoms with Gasteiger partial charge in [0.2, 0.25) is 6.41 Å². The minimum atomic E-state index is -0.281. The Morgan fingerprint density at radius 1 is 1.03 bits per heavy atom. The zero-order valence-electron chi connectivity index (χ0n) is 17.9. The van der Waals surface area contributed by atoms with Gasteiger partial charge in [-0.15, -0.1) is 5.10 Å². The molecule has 2 heterocycles. The normalized spacial score (nSPS) is 11.5. The molecule has 8 nitrogen and oxygen atoms in total. The lowest BCUT2D eigenvalue weighted by molar-refractivity contribution is -0.105. The minimum Gasteiger partial charge on any atom is -0.329 e. The Labute approximate surface area is 179 Å². The monoisotopic (exact) mass is 416 g/mol. The highest BCUT2D eigenvalue weighted by atomic mass is 16.1. The quantitative estimate of drug-likeness (QED) is 0.426. The van der Waals surface area contributed by atoms with Crippen LogP contribution in [-0.2, 0) is 10.2 Å². The maximum Gasteiger partial charge on any atom is 0.279 e. The largest absolute Gasteiger partial charge is 0.329 e. The number of hydrogen-bond acceptors (Lipinski definition) is 5. The summed E-state index contributed by atoms with van der Waals surface area (Å²) in [5.41, 5.74) is 2.96. The molecule has 3 N–H and O–H groups in total. The van der Waals surface area contributed by atoms with Gasteiger partial charge in [0, 0.05) is 22.8 Å². The molecule has 2 aromatic carbocycles. The number of carbonyl (C=O) groups excluding carboxylic acids is 1. The first-order chi connectivity index (χ1) is 14.8.